The highest BCUT2D eigenvalue weighted by atomic mass is 16.3. The van der Waals surface area contributed by atoms with Gasteiger partial charge in [-0.2, -0.15) is 5.10 Å². The first kappa shape index (κ1) is 10.5. The molecule has 4 N–H and O–H groups in total. The van der Waals surface area contributed by atoms with Crippen LogP contribution < -0.4 is 11.1 Å². The summed E-state index contributed by atoms with van der Waals surface area (Å²) in [4.78, 5) is 3.96. The molecule has 0 saturated carbocycles. The number of anilines is 1. The van der Waals surface area contributed by atoms with Crippen molar-refractivity contribution in [1.82, 2.24) is 19.9 Å². The lowest BCUT2D eigenvalue weighted by Crippen LogP contribution is -2.28. The van der Waals surface area contributed by atoms with Crippen molar-refractivity contribution in [2.24, 2.45) is 0 Å². The summed E-state index contributed by atoms with van der Waals surface area (Å²) in [5.74, 6) is 0.489. The summed E-state index contributed by atoms with van der Waals surface area (Å²) >= 11 is 0. The summed E-state index contributed by atoms with van der Waals surface area (Å²) < 4.78 is 1.82. The number of hydrogen-bond donors (Lipinski definition) is 3. The average molecular weight is 233 g/mol. The molecule has 0 aromatic carbocycles. The molecule has 2 unspecified atom stereocenters. The van der Waals surface area contributed by atoms with Crippen molar-refractivity contribution in [3.63, 3.8) is 0 Å². The normalized spacial score (nSPS) is 24.5. The number of aliphatic hydroxyl groups is 1. The van der Waals surface area contributed by atoms with E-state index >= 15 is 0 Å². The van der Waals surface area contributed by atoms with Crippen LogP contribution >= 0.6 is 0 Å². The second-order valence-electron chi connectivity index (χ2n) is 4.38. The van der Waals surface area contributed by atoms with Crippen LogP contribution in [0, 0.1) is 0 Å². The fraction of sp³-hybridized carbons (Fsp3) is 0.455. The first-order chi connectivity index (χ1) is 8.29. The quantitative estimate of drug-likeness (QED) is 0.684. The van der Waals surface area contributed by atoms with E-state index in [4.69, 9.17) is 10.8 Å². The zero-order valence-electron chi connectivity index (χ0n) is 9.37. The second kappa shape index (κ2) is 3.97. The third-order valence-electron chi connectivity index (χ3n) is 3.33. The van der Waals surface area contributed by atoms with Gasteiger partial charge in [0.1, 0.15) is 11.8 Å². The smallest absolute Gasteiger partial charge is 0.151 e. The lowest BCUT2D eigenvalue weighted by atomic mass is 10.1. The Bertz CT molecular complexity index is 538. The minimum atomic E-state index is 0.178. The molecule has 17 heavy (non-hydrogen) atoms. The molecular weight excluding hydrogens is 218 g/mol. The van der Waals surface area contributed by atoms with Crippen molar-refractivity contribution in [2.45, 2.75) is 24.9 Å². The predicted molar refractivity (Wildman–Crippen MR) is 63.4 cm³/mol. The van der Waals surface area contributed by atoms with E-state index in [2.05, 4.69) is 15.4 Å². The molecule has 0 spiro atoms. The lowest BCUT2D eigenvalue weighted by Gasteiger charge is -2.12. The first-order valence-corrected chi connectivity index (χ1v) is 5.74. The number of hydrogen-bond acceptors (Lipinski definition) is 5. The molecule has 0 aliphatic carbocycles. The summed E-state index contributed by atoms with van der Waals surface area (Å²) in [6.45, 7) is 0.178. The van der Waals surface area contributed by atoms with Gasteiger partial charge in [0.15, 0.2) is 5.82 Å². The van der Waals surface area contributed by atoms with Crippen molar-refractivity contribution in [3.8, 4) is 0 Å². The van der Waals surface area contributed by atoms with Gasteiger partial charge in [-0.1, -0.05) is 0 Å². The Morgan fingerprint density at radius 3 is 3.12 bits per heavy atom. The van der Waals surface area contributed by atoms with Crippen molar-refractivity contribution < 1.29 is 5.11 Å². The van der Waals surface area contributed by atoms with Gasteiger partial charge in [0.25, 0.3) is 0 Å². The minimum Gasteiger partial charge on any atom is -0.395 e. The molecule has 1 aliphatic rings. The summed E-state index contributed by atoms with van der Waals surface area (Å²) in [7, 11) is 0. The van der Waals surface area contributed by atoms with Crippen LogP contribution in [0.15, 0.2) is 18.5 Å². The molecule has 6 nitrogen and oxygen atoms in total. The highest BCUT2D eigenvalue weighted by Crippen LogP contribution is 2.28. The number of fused-ring (bicyclic) bond motifs is 1. The Hall–Kier alpha value is -1.66. The van der Waals surface area contributed by atoms with E-state index in [1.54, 1.807) is 0 Å². The fourth-order valence-corrected chi connectivity index (χ4v) is 2.43. The van der Waals surface area contributed by atoms with Gasteiger partial charge < -0.3 is 16.2 Å². The third kappa shape index (κ3) is 1.65. The topological polar surface area (TPSA) is 88.5 Å². The first-order valence-electron chi connectivity index (χ1n) is 5.74. The van der Waals surface area contributed by atoms with Crippen LogP contribution in [0.4, 0.5) is 5.82 Å². The van der Waals surface area contributed by atoms with Gasteiger partial charge in [0.2, 0.25) is 0 Å². The molecule has 2 atom stereocenters. The van der Waals surface area contributed by atoms with Crippen LogP contribution in [0.25, 0.3) is 5.52 Å². The van der Waals surface area contributed by atoms with Gasteiger partial charge >= 0.3 is 0 Å². The molecule has 6 heteroatoms. The van der Waals surface area contributed by atoms with E-state index in [0.29, 0.717) is 5.82 Å². The maximum Gasteiger partial charge on any atom is 0.151 e. The largest absolute Gasteiger partial charge is 0.395 e. The lowest BCUT2D eigenvalue weighted by molar-refractivity contribution is 0.251. The van der Waals surface area contributed by atoms with Crippen molar-refractivity contribution in [1.29, 1.82) is 0 Å². The zero-order chi connectivity index (χ0) is 11.8. The molecule has 0 amide bonds. The van der Waals surface area contributed by atoms with E-state index in [1.165, 1.54) is 6.33 Å². The monoisotopic (exact) mass is 233 g/mol. The summed E-state index contributed by atoms with van der Waals surface area (Å²) in [6, 6.07) is 4.35. The molecule has 1 saturated heterocycles. The van der Waals surface area contributed by atoms with Crippen LogP contribution in [-0.2, 0) is 0 Å². The van der Waals surface area contributed by atoms with Crippen LogP contribution in [0.2, 0.25) is 0 Å². The van der Waals surface area contributed by atoms with Crippen LogP contribution in [0.3, 0.4) is 0 Å². The maximum absolute atomic E-state index is 9.12. The highest BCUT2D eigenvalue weighted by Gasteiger charge is 2.26. The molecule has 1 fully saturated rings. The molecule has 1 aliphatic heterocycles. The van der Waals surface area contributed by atoms with Gasteiger partial charge in [-0.15, -0.1) is 0 Å². The number of aliphatic hydroxyl groups excluding tert-OH is 1. The number of nitrogens with two attached hydrogens (primary N) is 1. The SMILES string of the molecule is Nc1ncnn2c(C3CCC(CO)N3)ccc12. The minimum absolute atomic E-state index is 0.178. The Balaban J connectivity index is 1.99. The number of nitrogens with zero attached hydrogens (tertiary/aromatic N) is 3. The van der Waals surface area contributed by atoms with E-state index in [0.717, 1.165) is 24.1 Å². The number of rotatable bonds is 2. The van der Waals surface area contributed by atoms with Gasteiger partial charge in [-0.25, -0.2) is 9.50 Å². The zero-order valence-corrected chi connectivity index (χ0v) is 9.37. The number of nitrogens with one attached hydrogen (secondary N) is 1. The molecular formula is C11H15N5O. The summed E-state index contributed by atoms with van der Waals surface area (Å²) in [5, 5.41) is 16.7. The van der Waals surface area contributed by atoms with E-state index < -0.39 is 0 Å². The fourth-order valence-electron chi connectivity index (χ4n) is 2.43. The third-order valence-corrected chi connectivity index (χ3v) is 3.33. The van der Waals surface area contributed by atoms with E-state index in [1.807, 2.05) is 16.6 Å². The van der Waals surface area contributed by atoms with Crippen molar-refractivity contribution >= 4 is 11.3 Å². The molecule has 0 radical (unpaired) electrons. The standard InChI is InChI=1S/C11H15N5O/c12-11-10-4-3-9(16(10)14-6-13-11)8-2-1-7(5-17)15-8/h3-4,6-8,15,17H,1-2,5H2,(H2,12,13,14). The highest BCUT2D eigenvalue weighted by molar-refractivity contribution is 5.65. The van der Waals surface area contributed by atoms with Crippen molar-refractivity contribution in [2.75, 3.05) is 12.3 Å². The number of aromatic nitrogens is 3. The Morgan fingerprint density at radius 2 is 2.35 bits per heavy atom. The Morgan fingerprint density at radius 1 is 1.47 bits per heavy atom. The predicted octanol–water partition coefficient (Wildman–Crippen LogP) is 0.0969. The van der Waals surface area contributed by atoms with E-state index in [-0.39, 0.29) is 18.7 Å². The summed E-state index contributed by atoms with van der Waals surface area (Å²) in [6.07, 6.45) is 3.44. The molecule has 90 valence electrons. The van der Waals surface area contributed by atoms with Crippen LogP contribution in [0.5, 0.6) is 0 Å². The molecule has 0 bridgehead atoms. The average Bonchev–Trinajstić information content (AvgIpc) is 2.94. The molecule has 2 aromatic heterocycles. The number of nitrogen functional groups attached to an aromatic ring is 1. The van der Waals surface area contributed by atoms with Crippen molar-refractivity contribution in [3.05, 3.63) is 24.2 Å². The summed E-state index contributed by atoms with van der Waals surface area (Å²) in [5.41, 5.74) is 7.69. The van der Waals surface area contributed by atoms with Gasteiger partial charge in [-0.05, 0) is 25.0 Å². The molecule has 3 heterocycles. The van der Waals surface area contributed by atoms with Gasteiger partial charge in [-0.3, -0.25) is 0 Å². The second-order valence-corrected chi connectivity index (χ2v) is 4.38. The van der Waals surface area contributed by atoms with Gasteiger partial charge in [0, 0.05) is 12.1 Å². The maximum atomic E-state index is 9.12. The van der Waals surface area contributed by atoms with E-state index in [9.17, 15) is 0 Å². The van der Waals surface area contributed by atoms with Crippen LogP contribution in [-0.4, -0.2) is 32.4 Å². The molecule has 3 rings (SSSR count). The van der Waals surface area contributed by atoms with Crippen LogP contribution in [0.1, 0.15) is 24.6 Å². The van der Waals surface area contributed by atoms with Gasteiger partial charge in [0.05, 0.1) is 12.3 Å². The molecule has 2 aromatic rings. The Labute approximate surface area is 98.5 Å². The Kier molecular flexibility index (Phi) is 2.45.